The number of hydrogen-bond acceptors (Lipinski definition) is 8. The van der Waals surface area contributed by atoms with Gasteiger partial charge in [-0.1, -0.05) is 12.1 Å². The highest BCUT2D eigenvalue weighted by atomic mass is 16.5. The van der Waals surface area contributed by atoms with E-state index in [1.165, 1.54) is 0 Å². The van der Waals surface area contributed by atoms with E-state index in [-0.39, 0.29) is 0 Å². The van der Waals surface area contributed by atoms with Crippen molar-refractivity contribution >= 4 is 23.1 Å². The summed E-state index contributed by atoms with van der Waals surface area (Å²) in [6.07, 6.45) is 3.23. The Hall–Kier alpha value is -3.13. The van der Waals surface area contributed by atoms with E-state index in [9.17, 15) is 0 Å². The van der Waals surface area contributed by atoms with Gasteiger partial charge in [0.2, 0.25) is 5.95 Å². The highest BCUT2D eigenvalue weighted by molar-refractivity contribution is 5.73. The molecule has 0 unspecified atom stereocenters. The van der Waals surface area contributed by atoms with Crippen molar-refractivity contribution in [2.24, 2.45) is 0 Å². The molecule has 3 aromatic rings. The third kappa shape index (κ3) is 3.92. The van der Waals surface area contributed by atoms with E-state index in [4.69, 9.17) is 9.15 Å². The number of morpholine rings is 1. The van der Waals surface area contributed by atoms with Crippen LogP contribution in [0.25, 0.3) is 0 Å². The van der Waals surface area contributed by atoms with Crippen molar-refractivity contribution < 1.29 is 9.15 Å². The third-order valence-corrected chi connectivity index (χ3v) is 4.08. The lowest BCUT2D eigenvalue weighted by Crippen LogP contribution is -2.36. The lowest BCUT2D eigenvalue weighted by atomic mass is 10.2. The highest BCUT2D eigenvalue weighted by Gasteiger charge is 2.15. The van der Waals surface area contributed by atoms with Gasteiger partial charge in [0.1, 0.15) is 5.76 Å². The average Bonchev–Trinajstić information content (AvgIpc) is 3.22. The maximum absolute atomic E-state index is 5.44. The minimum Gasteiger partial charge on any atom is -0.467 e. The lowest BCUT2D eigenvalue weighted by Gasteiger charge is -2.30. The van der Waals surface area contributed by atoms with Crippen LogP contribution >= 0.6 is 0 Å². The molecule has 0 aliphatic carbocycles. The number of anilines is 4. The Morgan fingerprint density at radius 2 is 1.96 bits per heavy atom. The fraction of sp³-hybridized carbons (Fsp3) is 0.278. The number of nitrogens with zero attached hydrogens (tertiary/aromatic N) is 4. The summed E-state index contributed by atoms with van der Waals surface area (Å²) in [5.41, 5.74) is 2.05. The Kier molecular flexibility index (Phi) is 4.92. The van der Waals surface area contributed by atoms with Crippen LogP contribution in [0.2, 0.25) is 0 Å². The van der Waals surface area contributed by atoms with E-state index in [2.05, 4.69) is 36.8 Å². The number of aromatic nitrogens is 3. The van der Waals surface area contributed by atoms with Gasteiger partial charge in [0.05, 0.1) is 43.6 Å². The van der Waals surface area contributed by atoms with Gasteiger partial charge in [-0.15, -0.1) is 5.10 Å². The number of ether oxygens (including phenoxy) is 1. The van der Waals surface area contributed by atoms with Crippen LogP contribution in [0.15, 0.2) is 53.3 Å². The van der Waals surface area contributed by atoms with Crippen molar-refractivity contribution in [2.75, 3.05) is 41.8 Å². The maximum atomic E-state index is 5.44. The standard InChI is InChI=1S/C18H20N6O2/c1-2-6-16(24-7-10-25-11-8-24)15(5-1)21-18-22-17(13-20-23-18)19-12-14-4-3-9-26-14/h1-6,9,13H,7-8,10-12H2,(H2,19,21,22,23). The normalized spacial score (nSPS) is 14.2. The molecule has 0 bridgehead atoms. The Morgan fingerprint density at radius 1 is 1.08 bits per heavy atom. The van der Waals surface area contributed by atoms with E-state index in [0.29, 0.717) is 18.3 Å². The summed E-state index contributed by atoms with van der Waals surface area (Å²) in [6.45, 7) is 3.73. The summed E-state index contributed by atoms with van der Waals surface area (Å²) in [5, 5.41) is 14.6. The molecule has 0 radical (unpaired) electrons. The van der Waals surface area contributed by atoms with Crippen molar-refractivity contribution in [3.05, 3.63) is 54.6 Å². The van der Waals surface area contributed by atoms with Crippen LogP contribution in [0.5, 0.6) is 0 Å². The van der Waals surface area contributed by atoms with E-state index in [1.807, 2.05) is 30.3 Å². The van der Waals surface area contributed by atoms with Crippen LogP contribution in [0.3, 0.4) is 0 Å². The van der Waals surface area contributed by atoms with Crippen LogP contribution in [-0.2, 0) is 11.3 Å². The molecule has 26 heavy (non-hydrogen) atoms. The number of furan rings is 1. The van der Waals surface area contributed by atoms with Gasteiger partial charge in [0.15, 0.2) is 5.82 Å². The minimum atomic E-state index is 0.440. The summed E-state index contributed by atoms with van der Waals surface area (Å²) >= 11 is 0. The number of benzene rings is 1. The largest absolute Gasteiger partial charge is 0.467 e. The first-order chi connectivity index (χ1) is 12.9. The Balaban J connectivity index is 1.48. The molecular formula is C18H20N6O2. The molecular weight excluding hydrogens is 332 g/mol. The Bertz CT molecular complexity index is 833. The van der Waals surface area contributed by atoms with Gasteiger partial charge in [-0.25, -0.2) is 0 Å². The van der Waals surface area contributed by atoms with Crippen molar-refractivity contribution in [3.63, 3.8) is 0 Å². The molecule has 8 heteroatoms. The fourth-order valence-electron chi connectivity index (χ4n) is 2.81. The third-order valence-electron chi connectivity index (χ3n) is 4.08. The predicted octanol–water partition coefficient (Wildman–Crippen LogP) is 2.66. The van der Waals surface area contributed by atoms with E-state index in [0.717, 1.165) is 43.4 Å². The second-order valence-corrected chi connectivity index (χ2v) is 5.84. The first kappa shape index (κ1) is 16.3. The number of hydrogen-bond donors (Lipinski definition) is 2. The first-order valence-corrected chi connectivity index (χ1v) is 8.53. The van der Waals surface area contributed by atoms with Gasteiger partial charge in [0.25, 0.3) is 0 Å². The molecule has 0 spiro atoms. The first-order valence-electron chi connectivity index (χ1n) is 8.53. The van der Waals surface area contributed by atoms with Gasteiger partial charge < -0.3 is 24.7 Å². The molecule has 134 valence electrons. The van der Waals surface area contributed by atoms with Crippen molar-refractivity contribution in [1.82, 2.24) is 15.2 Å². The summed E-state index contributed by atoms with van der Waals surface area (Å²) in [4.78, 5) is 6.76. The van der Waals surface area contributed by atoms with Gasteiger partial charge in [-0.05, 0) is 24.3 Å². The second-order valence-electron chi connectivity index (χ2n) is 5.84. The molecule has 4 rings (SSSR count). The Labute approximate surface area is 151 Å². The van der Waals surface area contributed by atoms with Crippen LogP contribution in [0.1, 0.15) is 5.76 Å². The molecule has 1 saturated heterocycles. The second kappa shape index (κ2) is 7.83. The zero-order chi connectivity index (χ0) is 17.6. The number of rotatable bonds is 6. The predicted molar refractivity (Wildman–Crippen MR) is 98.6 cm³/mol. The topological polar surface area (TPSA) is 88.3 Å². The smallest absolute Gasteiger partial charge is 0.249 e. The van der Waals surface area contributed by atoms with Crippen LogP contribution in [-0.4, -0.2) is 41.5 Å². The van der Waals surface area contributed by atoms with E-state index < -0.39 is 0 Å². The summed E-state index contributed by atoms with van der Waals surface area (Å²) in [6, 6.07) is 11.9. The Morgan fingerprint density at radius 3 is 2.81 bits per heavy atom. The molecule has 1 aromatic carbocycles. The van der Waals surface area contributed by atoms with E-state index >= 15 is 0 Å². The molecule has 3 heterocycles. The van der Waals surface area contributed by atoms with E-state index in [1.54, 1.807) is 12.5 Å². The molecule has 0 atom stereocenters. The van der Waals surface area contributed by atoms with Crippen LogP contribution in [0, 0.1) is 0 Å². The van der Waals surface area contributed by atoms with Crippen LogP contribution < -0.4 is 15.5 Å². The SMILES string of the molecule is c1coc(CNc2cnnc(Nc3ccccc3N3CCOCC3)n2)c1. The van der Waals surface area contributed by atoms with Gasteiger partial charge in [-0.2, -0.15) is 10.1 Å². The van der Waals surface area contributed by atoms with Crippen molar-refractivity contribution in [3.8, 4) is 0 Å². The zero-order valence-corrected chi connectivity index (χ0v) is 14.3. The summed E-state index contributed by atoms with van der Waals surface area (Å²) < 4.78 is 10.7. The number of nitrogens with one attached hydrogen (secondary N) is 2. The quantitative estimate of drug-likeness (QED) is 0.700. The van der Waals surface area contributed by atoms with Crippen molar-refractivity contribution in [1.29, 1.82) is 0 Å². The molecule has 1 aliphatic heterocycles. The highest BCUT2D eigenvalue weighted by Crippen LogP contribution is 2.28. The summed E-state index contributed by atoms with van der Waals surface area (Å²) in [5.74, 6) is 1.90. The molecule has 0 amide bonds. The molecule has 2 N–H and O–H groups in total. The minimum absolute atomic E-state index is 0.440. The summed E-state index contributed by atoms with van der Waals surface area (Å²) in [7, 11) is 0. The molecule has 2 aromatic heterocycles. The van der Waals surface area contributed by atoms with Gasteiger partial charge in [-0.3, -0.25) is 0 Å². The van der Waals surface area contributed by atoms with Gasteiger partial charge in [0, 0.05) is 13.1 Å². The lowest BCUT2D eigenvalue weighted by molar-refractivity contribution is 0.123. The number of para-hydroxylation sites is 2. The van der Waals surface area contributed by atoms with Gasteiger partial charge >= 0.3 is 0 Å². The molecule has 1 fully saturated rings. The average molecular weight is 352 g/mol. The molecule has 8 nitrogen and oxygen atoms in total. The monoisotopic (exact) mass is 352 g/mol. The molecule has 1 aliphatic rings. The van der Waals surface area contributed by atoms with Crippen molar-refractivity contribution in [2.45, 2.75) is 6.54 Å². The molecule has 0 saturated carbocycles. The fourth-order valence-corrected chi connectivity index (χ4v) is 2.81. The zero-order valence-electron chi connectivity index (χ0n) is 14.3. The maximum Gasteiger partial charge on any atom is 0.249 e. The van der Waals surface area contributed by atoms with Crippen LogP contribution in [0.4, 0.5) is 23.1 Å².